The normalized spacial score (nSPS) is 10.0. The Morgan fingerprint density at radius 2 is 2.00 bits per heavy atom. The van der Waals surface area contributed by atoms with Crippen molar-refractivity contribution in [2.75, 3.05) is 0 Å². The maximum absolute atomic E-state index is 10.6. The summed E-state index contributed by atoms with van der Waals surface area (Å²) in [5.74, 6) is 1.43. The predicted octanol–water partition coefficient (Wildman–Crippen LogP) is 3.30. The van der Waals surface area contributed by atoms with Crippen LogP contribution < -0.4 is 4.74 Å². The van der Waals surface area contributed by atoms with Gasteiger partial charge >= 0.3 is 0 Å². The van der Waals surface area contributed by atoms with Crippen molar-refractivity contribution in [1.82, 2.24) is 4.98 Å². The van der Waals surface area contributed by atoms with Gasteiger partial charge in [0.2, 0.25) is 0 Å². The topological polar surface area (TPSA) is 39.2 Å². The standard InChI is InChI=1S/C14H13NO2/c1-10-7-12(9-16)4-6-14(10)17-13-5-3-11(2)15-8-13/h3-9H,1-2H3. The number of aldehydes is 1. The Bertz CT molecular complexity index is 532. The minimum absolute atomic E-state index is 0.650. The third-order valence-corrected chi connectivity index (χ3v) is 2.45. The summed E-state index contributed by atoms with van der Waals surface area (Å²) in [5.41, 5.74) is 2.53. The molecule has 0 amide bonds. The van der Waals surface area contributed by atoms with Crippen molar-refractivity contribution in [3.8, 4) is 11.5 Å². The molecule has 0 aliphatic heterocycles. The summed E-state index contributed by atoms with van der Waals surface area (Å²) < 4.78 is 5.69. The molecule has 3 heteroatoms. The summed E-state index contributed by atoms with van der Waals surface area (Å²) in [6.45, 7) is 3.83. The van der Waals surface area contributed by atoms with Crippen LogP contribution >= 0.6 is 0 Å². The van der Waals surface area contributed by atoms with Crippen molar-refractivity contribution in [3.05, 3.63) is 53.3 Å². The lowest BCUT2D eigenvalue weighted by atomic mass is 10.1. The van der Waals surface area contributed by atoms with E-state index in [4.69, 9.17) is 4.74 Å². The molecule has 0 saturated carbocycles. The van der Waals surface area contributed by atoms with Gasteiger partial charge in [-0.1, -0.05) is 0 Å². The first-order valence-electron chi connectivity index (χ1n) is 5.35. The van der Waals surface area contributed by atoms with Crippen molar-refractivity contribution in [2.45, 2.75) is 13.8 Å². The Morgan fingerprint density at radius 1 is 1.18 bits per heavy atom. The van der Waals surface area contributed by atoms with Crippen molar-refractivity contribution in [3.63, 3.8) is 0 Å². The van der Waals surface area contributed by atoms with Crippen LogP contribution in [0.2, 0.25) is 0 Å². The van der Waals surface area contributed by atoms with Gasteiger partial charge in [0.1, 0.15) is 17.8 Å². The van der Waals surface area contributed by atoms with Gasteiger partial charge < -0.3 is 4.74 Å². The van der Waals surface area contributed by atoms with Crippen LogP contribution in [-0.4, -0.2) is 11.3 Å². The van der Waals surface area contributed by atoms with Crippen LogP contribution in [0, 0.1) is 13.8 Å². The Morgan fingerprint density at radius 3 is 2.59 bits per heavy atom. The molecule has 0 N–H and O–H groups in total. The minimum atomic E-state index is 0.650. The molecule has 1 aromatic carbocycles. The van der Waals surface area contributed by atoms with Crippen LogP contribution in [0.25, 0.3) is 0 Å². The third-order valence-electron chi connectivity index (χ3n) is 2.45. The molecule has 0 atom stereocenters. The number of aromatic nitrogens is 1. The average molecular weight is 227 g/mol. The highest BCUT2D eigenvalue weighted by atomic mass is 16.5. The first-order valence-corrected chi connectivity index (χ1v) is 5.35. The molecule has 3 nitrogen and oxygen atoms in total. The van der Waals surface area contributed by atoms with E-state index in [-0.39, 0.29) is 0 Å². The summed E-state index contributed by atoms with van der Waals surface area (Å²) in [5, 5.41) is 0. The van der Waals surface area contributed by atoms with Crippen molar-refractivity contribution in [1.29, 1.82) is 0 Å². The van der Waals surface area contributed by atoms with Gasteiger partial charge in [-0.15, -0.1) is 0 Å². The Hall–Kier alpha value is -2.16. The second-order valence-corrected chi connectivity index (χ2v) is 3.88. The molecular formula is C14H13NO2. The number of hydrogen-bond acceptors (Lipinski definition) is 3. The van der Waals surface area contributed by atoms with E-state index in [9.17, 15) is 4.79 Å². The monoisotopic (exact) mass is 227 g/mol. The number of nitrogens with zero attached hydrogens (tertiary/aromatic N) is 1. The number of carbonyl (C=O) groups is 1. The van der Waals surface area contributed by atoms with Gasteiger partial charge in [-0.05, 0) is 49.7 Å². The number of hydrogen-bond donors (Lipinski definition) is 0. The quantitative estimate of drug-likeness (QED) is 0.755. The molecule has 86 valence electrons. The maximum atomic E-state index is 10.6. The zero-order valence-electron chi connectivity index (χ0n) is 9.81. The minimum Gasteiger partial charge on any atom is -0.455 e. The SMILES string of the molecule is Cc1ccc(Oc2ccc(C=O)cc2C)cn1. The van der Waals surface area contributed by atoms with Crippen LogP contribution in [0.3, 0.4) is 0 Å². The van der Waals surface area contributed by atoms with Gasteiger partial charge in [-0.25, -0.2) is 0 Å². The van der Waals surface area contributed by atoms with Gasteiger partial charge in [-0.3, -0.25) is 9.78 Å². The summed E-state index contributed by atoms with van der Waals surface area (Å²) >= 11 is 0. The number of pyridine rings is 1. The first-order chi connectivity index (χ1) is 8.19. The predicted molar refractivity (Wildman–Crippen MR) is 65.6 cm³/mol. The molecule has 0 radical (unpaired) electrons. The van der Waals surface area contributed by atoms with Crippen molar-refractivity contribution in [2.24, 2.45) is 0 Å². The van der Waals surface area contributed by atoms with Gasteiger partial charge in [-0.2, -0.15) is 0 Å². The Kier molecular flexibility index (Phi) is 3.19. The summed E-state index contributed by atoms with van der Waals surface area (Å²) in [7, 11) is 0. The molecule has 0 unspecified atom stereocenters. The smallest absolute Gasteiger partial charge is 0.150 e. The summed E-state index contributed by atoms with van der Waals surface area (Å²) in [4.78, 5) is 14.8. The highest BCUT2D eigenvalue weighted by molar-refractivity contribution is 5.75. The van der Waals surface area contributed by atoms with E-state index in [0.717, 1.165) is 23.3 Å². The zero-order valence-corrected chi connectivity index (χ0v) is 9.81. The molecule has 1 aromatic heterocycles. The van der Waals surface area contributed by atoms with Crippen LogP contribution in [0.4, 0.5) is 0 Å². The zero-order chi connectivity index (χ0) is 12.3. The maximum Gasteiger partial charge on any atom is 0.150 e. The summed E-state index contributed by atoms with van der Waals surface area (Å²) in [6.07, 6.45) is 2.51. The van der Waals surface area contributed by atoms with E-state index in [0.29, 0.717) is 11.3 Å². The number of rotatable bonds is 3. The fourth-order valence-electron chi connectivity index (χ4n) is 1.50. The second-order valence-electron chi connectivity index (χ2n) is 3.88. The number of ether oxygens (including phenoxy) is 1. The largest absolute Gasteiger partial charge is 0.455 e. The second kappa shape index (κ2) is 4.78. The number of aryl methyl sites for hydroxylation is 2. The molecule has 0 aliphatic carbocycles. The fourth-order valence-corrected chi connectivity index (χ4v) is 1.50. The first kappa shape index (κ1) is 11.3. The highest BCUT2D eigenvalue weighted by Gasteiger charge is 2.02. The van der Waals surface area contributed by atoms with Crippen LogP contribution in [-0.2, 0) is 0 Å². The molecule has 2 aromatic rings. The van der Waals surface area contributed by atoms with Gasteiger partial charge in [0.25, 0.3) is 0 Å². The van der Waals surface area contributed by atoms with Crippen molar-refractivity contribution >= 4 is 6.29 Å². The van der Waals surface area contributed by atoms with E-state index in [1.807, 2.05) is 26.0 Å². The Labute approximate surface area is 100 Å². The molecule has 2 rings (SSSR count). The highest BCUT2D eigenvalue weighted by Crippen LogP contribution is 2.24. The van der Waals surface area contributed by atoms with E-state index < -0.39 is 0 Å². The molecule has 0 spiro atoms. The lowest BCUT2D eigenvalue weighted by Gasteiger charge is -2.08. The van der Waals surface area contributed by atoms with E-state index in [1.165, 1.54) is 0 Å². The molecule has 17 heavy (non-hydrogen) atoms. The Balaban J connectivity index is 2.24. The molecule has 0 aliphatic rings. The fraction of sp³-hybridized carbons (Fsp3) is 0.143. The molecule has 0 bridgehead atoms. The molecule has 0 fully saturated rings. The number of carbonyl (C=O) groups excluding carboxylic acids is 1. The lowest BCUT2D eigenvalue weighted by Crippen LogP contribution is -1.90. The van der Waals surface area contributed by atoms with Gasteiger partial charge in [0, 0.05) is 11.3 Å². The van der Waals surface area contributed by atoms with E-state index in [1.54, 1.807) is 24.4 Å². The average Bonchev–Trinajstić information content (AvgIpc) is 2.34. The lowest BCUT2D eigenvalue weighted by molar-refractivity contribution is 0.112. The van der Waals surface area contributed by atoms with Crippen molar-refractivity contribution < 1.29 is 9.53 Å². The van der Waals surface area contributed by atoms with Crippen LogP contribution in [0.15, 0.2) is 36.5 Å². The van der Waals surface area contributed by atoms with E-state index in [2.05, 4.69) is 4.98 Å². The van der Waals surface area contributed by atoms with Gasteiger partial charge in [0.15, 0.2) is 0 Å². The van der Waals surface area contributed by atoms with Gasteiger partial charge in [0.05, 0.1) is 6.20 Å². The van der Waals surface area contributed by atoms with Crippen LogP contribution in [0.1, 0.15) is 21.6 Å². The third kappa shape index (κ3) is 2.69. The number of benzene rings is 1. The molecule has 0 saturated heterocycles. The molecular weight excluding hydrogens is 214 g/mol. The summed E-state index contributed by atoms with van der Waals surface area (Å²) in [6, 6.07) is 9.08. The van der Waals surface area contributed by atoms with Crippen LogP contribution in [0.5, 0.6) is 11.5 Å². The van der Waals surface area contributed by atoms with E-state index >= 15 is 0 Å². The molecule has 1 heterocycles.